The highest BCUT2D eigenvalue weighted by atomic mass is 19.1. The highest BCUT2D eigenvalue weighted by molar-refractivity contribution is 5.88. The molecule has 76 valence electrons. The van der Waals surface area contributed by atoms with Gasteiger partial charge in [0.15, 0.2) is 11.6 Å². The number of aromatic carboxylic acids is 1. The predicted molar refractivity (Wildman–Crippen MR) is 47.9 cm³/mol. The maximum absolute atomic E-state index is 13.0. The Bertz CT molecular complexity index is 341. The van der Waals surface area contributed by atoms with Crippen LogP contribution < -0.4 is 10.5 Å². The summed E-state index contributed by atoms with van der Waals surface area (Å²) in [7, 11) is 0. The van der Waals surface area contributed by atoms with Crippen molar-refractivity contribution >= 4 is 5.97 Å². The Hall–Kier alpha value is -1.62. The highest BCUT2D eigenvalue weighted by Gasteiger charge is 2.08. The van der Waals surface area contributed by atoms with Gasteiger partial charge in [-0.3, -0.25) is 0 Å². The van der Waals surface area contributed by atoms with E-state index >= 15 is 0 Å². The third-order valence-corrected chi connectivity index (χ3v) is 1.55. The Morgan fingerprint density at radius 2 is 2.29 bits per heavy atom. The Balaban J connectivity index is 2.90. The Kier molecular flexibility index (Phi) is 3.41. The van der Waals surface area contributed by atoms with Gasteiger partial charge in [0, 0.05) is 6.54 Å². The molecule has 0 heterocycles. The molecule has 0 aliphatic heterocycles. The molecule has 0 bridgehead atoms. The van der Waals surface area contributed by atoms with E-state index in [0.717, 1.165) is 12.1 Å². The maximum atomic E-state index is 13.0. The first-order valence-electron chi connectivity index (χ1n) is 4.01. The number of carbonyl (C=O) groups is 1. The first-order chi connectivity index (χ1) is 6.65. The molecule has 14 heavy (non-hydrogen) atoms. The van der Waals surface area contributed by atoms with Gasteiger partial charge in [-0.05, 0) is 18.2 Å². The lowest BCUT2D eigenvalue weighted by Crippen LogP contribution is -2.11. The van der Waals surface area contributed by atoms with Crippen molar-refractivity contribution < 1.29 is 19.0 Å². The molecule has 0 unspecified atom stereocenters. The molecule has 1 rings (SSSR count). The topological polar surface area (TPSA) is 72.5 Å². The van der Waals surface area contributed by atoms with Crippen LogP contribution >= 0.6 is 0 Å². The molecular weight excluding hydrogens is 189 g/mol. The van der Waals surface area contributed by atoms with E-state index in [1.807, 2.05) is 0 Å². The van der Waals surface area contributed by atoms with Crippen molar-refractivity contribution in [3.8, 4) is 5.75 Å². The molecule has 0 aliphatic carbocycles. The van der Waals surface area contributed by atoms with Crippen LogP contribution in [0.5, 0.6) is 5.75 Å². The Morgan fingerprint density at radius 3 is 2.86 bits per heavy atom. The average Bonchev–Trinajstić information content (AvgIpc) is 2.16. The van der Waals surface area contributed by atoms with Gasteiger partial charge in [-0.1, -0.05) is 0 Å². The summed E-state index contributed by atoms with van der Waals surface area (Å²) >= 11 is 0. The number of halogens is 1. The quantitative estimate of drug-likeness (QED) is 0.754. The molecule has 1 aromatic carbocycles. The zero-order chi connectivity index (χ0) is 10.6. The molecule has 3 N–H and O–H groups in total. The van der Waals surface area contributed by atoms with Crippen molar-refractivity contribution in [3.63, 3.8) is 0 Å². The lowest BCUT2D eigenvalue weighted by Gasteiger charge is -2.06. The van der Waals surface area contributed by atoms with E-state index in [2.05, 4.69) is 0 Å². The zero-order valence-corrected chi connectivity index (χ0v) is 7.37. The van der Waals surface area contributed by atoms with Crippen LogP contribution in [0.3, 0.4) is 0 Å². The molecule has 0 fully saturated rings. The van der Waals surface area contributed by atoms with Crippen LogP contribution in [0, 0.1) is 5.82 Å². The number of carboxylic acids is 1. The van der Waals surface area contributed by atoms with Crippen LogP contribution in [0.2, 0.25) is 0 Å². The first-order valence-corrected chi connectivity index (χ1v) is 4.01. The molecule has 0 atom stereocenters. The number of hydrogen-bond acceptors (Lipinski definition) is 3. The lowest BCUT2D eigenvalue weighted by atomic mass is 10.2. The number of rotatable bonds is 4. The average molecular weight is 199 g/mol. The Labute approximate surface area is 80.1 Å². The molecule has 0 saturated heterocycles. The molecule has 0 saturated carbocycles. The van der Waals surface area contributed by atoms with Gasteiger partial charge in [-0.25, -0.2) is 9.18 Å². The minimum absolute atomic E-state index is 0.0154. The van der Waals surface area contributed by atoms with Crippen molar-refractivity contribution in [1.29, 1.82) is 0 Å². The fourth-order valence-electron chi connectivity index (χ4n) is 0.916. The SMILES string of the molecule is NCCOc1cc(C(=O)O)ccc1F. The van der Waals surface area contributed by atoms with Crippen LogP contribution in [-0.4, -0.2) is 24.2 Å². The molecule has 0 amide bonds. The second-order valence-corrected chi connectivity index (χ2v) is 2.59. The van der Waals surface area contributed by atoms with Crippen LogP contribution in [0.25, 0.3) is 0 Å². The summed E-state index contributed by atoms with van der Waals surface area (Å²) in [5.41, 5.74) is 5.15. The Morgan fingerprint density at radius 1 is 1.57 bits per heavy atom. The van der Waals surface area contributed by atoms with Gasteiger partial charge >= 0.3 is 5.97 Å². The van der Waals surface area contributed by atoms with Crippen LogP contribution in [0.15, 0.2) is 18.2 Å². The fraction of sp³-hybridized carbons (Fsp3) is 0.222. The van der Waals surface area contributed by atoms with Gasteiger partial charge in [0.2, 0.25) is 0 Å². The summed E-state index contributed by atoms with van der Waals surface area (Å²) in [5, 5.41) is 8.62. The fourth-order valence-corrected chi connectivity index (χ4v) is 0.916. The molecule has 0 radical (unpaired) electrons. The minimum Gasteiger partial charge on any atom is -0.489 e. The summed E-state index contributed by atoms with van der Waals surface area (Å²) in [6, 6.07) is 3.36. The minimum atomic E-state index is -1.12. The summed E-state index contributed by atoms with van der Waals surface area (Å²) < 4.78 is 17.9. The van der Waals surface area contributed by atoms with E-state index in [1.165, 1.54) is 6.07 Å². The zero-order valence-electron chi connectivity index (χ0n) is 7.37. The predicted octanol–water partition coefficient (Wildman–Crippen LogP) is 0.861. The van der Waals surface area contributed by atoms with Gasteiger partial charge in [-0.15, -0.1) is 0 Å². The standard InChI is InChI=1S/C9H10FNO3/c10-7-2-1-6(9(12)13)5-8(7)14-4-3-11/h1-2,5H,3-4,11H2,(H,12,13). The second kappa shape index (κ2) is 4.57. The summed E-state index contributed by atoms with van der Waals surface area (Å²) in [6.45, 7) is 0.400. The van der Waals surface area contributed by atoms with Crippen LogP contribution in [0.4, 0.5) is 4.39 Å². The van der Waals surface area contributed by atoms with Crippen LogP contribution in [0.1, 0.15) is 10.4 Å². The monoisotopic (exact) mass is 199 g/mol. The third-order valence-electron chi connectivity index (χ3n) is 1.55. The van der Waals surface area contributed by atoms with Gasteiger partial charge in [0.1, 0.15) is 6.61 Å². The van der Waals surface area contributed by atoms with Crippen molar-refractivity contribution in [1.82, 2.24) is 0 Å². The van der Waals surface area contributed by atoms with E-state index in [9.17, 15) is 9.18 Å². The van der Waals surface area contributed by atoms with E-state index < -0.39 is 11.8 Å². The van der Waals surface area contributed by atoms with E-state index in [1.54, 1.807) is 0 Å². The highest BCUT2D eigenvalue weighted by Crippen LogP contribution is 2.18. The smallest absolute Gasteiger partial charge is 0.335 e. The number of ether oxygens (including phenoxy) is 1. The maximum Gasteiger partial charge on any atom is 0.335 e. The molecular formula is C9H10FNO3. The number of benzene rings is 1. The van der Waals surface area contributed by atoms with Crippen molar-refractivity contribution in [2.24, 2.45) is 5.73 Å². The molecule has 4 nitrogen and oxygen atoms in total. The molecule has 0 aliphatic rings. The van der Waals surface area contributed by atoms with Gasteiger partial charge < -0.3 is 15.6 Å². The number of nitrogens with two attached hydrogens (primary N) is 1. The number of hydrogen-bond donors (Lipinski definition) is 2. The van der Waals surface area contributed by atoms with Crippen LogP contribution in [-0.2, 0) is 0 Å². The number of carboxylic acid groups (broad SMARTS) is 1. The third kappa shape index (κ3) is 2.43. The van der Waals surface area contributed by atoms with E-state index in [4.69, 9.17) is 15.6 Å². The largest absolute Gasteiger partial charge is 0.489 e. The summed E-state index contributed by atoms with van der Waals surface area (Å²) in [5.74, 6) is -1.80. The first kappa shape index (κ1) is 10.5. The molecule has 0 spiro atoms. The van der Waals surface area contributed by atoms with Crippen molar-refractivity contribution in [2.45, 2.75) is 0 Å². The molecule has 5 heteroatoms. The van der Waals surface area contributed by atoms with Crippen molar-refractivity contribution in [2.75, 3.05) is 13.2 Å². The molecule has 0 aromatic heterocycles. The van der Waals surface area contributed by atoms with Gasteiger partial charge in [-0.2, -0.15) is 0 Å². The normalized spacial score (nSPS) is 9.86. The second-order valence-electron chi connectivity index (χ2n) is 2.59. The van der Waals surface area contributed by atoms with Gasteiger partial charge in [0.05, 0.1) is 5.56 Å². The van der Waals surface area contributed by atoms with Crippen molar-refractivity contribution in [3.05, 3.63) is 29.6 Å². The van der Waals surface area contributed by atoms with E-state index in [-0.39, 0.29) is 24.5 Å². The van der Waals surface area contributed by atoms with Gasteiger partial charge in [0.25, 0.3) is 0 Å². The summed E-state index contributed by atoms with van der Waals surface area (Å²) in [6.07, 6.45) is 0. The summed E-state index contributed by atoms with van der Waals surface area (Å²) in [4.78, 5) is 10.5. The van der Waals surface area contributed by atoms with E-state index in [0.29, 0.717) is 0 Å². The lowest BCUT2D eigenvalue weighted by molar-refractivity contribution is 0.0696. The molecule has 1 aromatic rings.